The lowest BCUT2D eigenvalue weighted by Gasteiger charge is -2.36. The number of alkyl halides is 4. The number of amidine groups is 1. The summed E-state index contributed by atoms with van der Waals surface area (Å²) in [7, 11) is 0. The summed E-state index contributed by atoms with van der Waals surface area (Å²) in [5.41, 5.74) is 3.58. The first kappa shape index (κ1) is 22.9. The van der Waals surface area contributed by atoms with Crippen molar-refractivity contribution < 1.29 is 31.5 Å². The number of aryl methyl sites for hydroxylation is 1. The van der Waals surface area contributed by atoms with Crippen molar-refractivity contribution in [2.45, 2.75) is 37.6 Å². The Morgan fingerprint density at radius 2 is 2.06 bits per heavy atom. The van der Waals surface area contributed by atoms with Gasteiger partial charge in [0.1, 0.15) is 23.7 Å². The maximum absolute atomic E-state index is 14.6. The number of carbonyl (C=O) groups excluding carboxylic acids is 1. The van der Waals surface area contributed by atoms with Crippen LogP contribution >= 0.6 is 11.6 Å². The molecule has 2 heterocycles. The van der Waals surface area contributed by atoms with E-state index in [-0.39, 0.29) is 17.7 Å². The van der Waals surface area contributed by atoms with E-state index >= 15 is 0 Å². The van der Waals surface area contributed by atoms with E-state index in [0.29, 0.717) is 10.6 Å². The molecule has 1 aliphatic heterocycles. The minimum absolute atomic E-state index is 0.140. The number of hydrogen-bond donors (Lipinski definition) is 1. The first-order valence-corrected chi connectivity index (χ1v) is 9.42. The minimum Gasteiger partial charge on any atom is -0.452 e. The number of benzene rings is 1. The summed E-state index contributed by atoms with van der Waals surface area (Å²) < 4.78 is 72.7. The fraction of sp³-hybridized carbons (Fsp3) is 0.350. The van der Waals surface area contributed by atoms with Gasteiger partial charge >= 0.3 is 6.18 Å². The summed E-state index contributed by atoms with van der Waals surface area (Å²) in [4.78, 5) is 20.3. The Morgan fingerprint density at radius 3 is 2.68 bits per heavy atom. The van der Waals surface area contributed by atoms with Gasteiger partial charge in [0, 0.05) is 24.6 Å². The molecule has 1 aliphatic rings. The first-order valence-electron chi connectivity index (χ1n) is 9.04. The van der Waals surface area contributed by atoms with Crippen LogP contribution in [0.5, 0.6) is 0 Å². The van der Waals surface area contributed by atoms with Gasteiger partial charge in [0.25, 0.3) is 6.02 Å². The average Bonchev–Trinajstić information content (AvgIpc) is 2.68. The molecule has 2 N–H and O–H groups in total. The normalized spacial score (nSPS) is 21.4. The highest BCUT2D eigenvalue weighted by atomic mass is 35.5. The molecule has 0 bridgehead atoms. The van der Waals surface area contributed by atoms with Gasteiger partial charge in [-0.3, -0.25) is 9.78 Å². The van der Waals surface area contributed by atoms with E-state index in [1.807, 2.05) is 0 Å². The molecule has 0 unspecified atom stereocenters. The monoisotopic (exact) mass is 461 g/mol. The van der Waals surface area contributed by atoms with Crippen LogP contribution in [0.3, 0.4) is 0 Å². The van der Waals surface area contributed by atoms with Gasteiger partial charge < -0.3 is 10.5 Å². The number of rotatable bonds is 5. The lowest BCUT2D eigenvalue weighted by atomic mass is 9.83. The van der Waals surface area contributed by atoms with Gasteiger partial charge in [-0.15, -0.1) is 0 Å². The Balaban J connectivity index is 1.98. The third-order valence-corrected chi connectivity index (χ3v) is 5.11. The molecule has 11 heteroatoms. The summed E-state index contributed by atoms with van der Waals surface area (Å²) in [6.45, 7) is 0.187. The number of carbonyl (C=O) groups is 1. The maximum atomic E-state index is 14.6. The highest BCUT2D eigenvalue weighted by Gasteiger charge is 2.52. The van der Waals surface area contributed by atoms with Crippen LogP contribution in [0.4, 0.5) is 22.0 Å². The molecule has 0 aliphatic carbocycles. The number of nitrogens with zero attached hydrogens (tertiary/aromatic N) is 2. The van der Waals surface area contributed by atoms with E-state index < -0.39 is 54.1 Å². The fourth-order valence-electron chi connectivity index (χ4n) is 3.43. The molecule has 166 valence electrons. The highest BCUT2D eigenvalue weighted by molar-refractivity contribution is 6.30. The number of Topliss-reactive ketones (excluding diaryl/α,β-unsaturated/α-hetero) is 1. The fourth-order valence-corrected chi connectivity index (χ4v) is 3.64. The van der Waals surface area contributed by atoms with E-state index in [1.165, 1.54) is 12.3 Å². The van der Waals surface area contributed by atoms with Gasteiger partial charge in [0.05, 0.1) is 5.02 Å². The van der Waals surface area contributed by atoms with Crippen molar-refractivity contribution in [1.82, 2.24) is 4.98 Å². The molecule has 3 rings (SSSR count). The molecule has 0 spiro atoms. The van der Waals surface area contributed by atoms with Gasteiger partial charge in [0.2, 0.25) is 0 Å². The zero-order valence-corrected chi connectivity index (χ0v) is 16.9. The summed E-state index contributed by atoms with van der Waals surface area (Å²) in [6.07, 6.45) is -7.26. The quantitative estimate of drug-likeness (QED) is 0.527. The third-order valence-electron chi connectivity index (χ3n) is 4.90. The van der Waals surface area contributed by atoms with Crippen LogP contribution in [0.1, 0.15) is 33.6 Å². The number of aliphatic imine (C=N–C) groups is 1. The summed E-state index contributed by atoms with van der Waals surface area (Å²) in [5.74, 6) is -1.40. The van der Waals surface area contributed by atoms with Crippen molar-refractivity contribution in [2.24, 2.45) is 10.7 Å². The van der Waals surface area contributed by atoms with Crippen LogP contribution < -0.4 is 5.73 Å². The SMILES string of the molecule is Cc1cc(Cl)cnc1C(=O)Cc1ccc(F)c([C@]2(CF)C[C@@H](C(F)(F)F)OC(N)=N2)c1. The van der Waals surface area contributed by atoms with E-state index in [4.69, 9.17) is 17.3 Å². The molecule has 1 aromatic heterocycles. The van der Waals surface area contributed by atoms with Gasteiger partial charge in [-0.05, 0) is 36.2 Å². The van der Waals surface area contributed by atoms with Crippen molar-refractivity contribution >= 4 is 23.4 Å². The number of nitrogens with two attached hydrogens (primary N) is 1. The Hall–Kier alpha value is -2.75. The van der Waals surface area contributed by atoms with Gasteiger partial charge in [-0.25, -0.2) is 13.8 Å². The number of ketones is 1. The standard InChI is InChI=1S/C20H17ClF5N3O2/c1-10-4-12(21)8-28-17(10)15(30)6-11-2-3-14(23)13(5-11)19(9-22)7-16(20(24,25)26)31-18(27)29-19/h2-5,8,16H,6-7,9H2,1H3,(H2,27,29)/t16-,19+/m0/s1. The van der Waals surface area contributed by atoms with Crippen LogP contribution in [0.2, 0.25) is 5.02 Å². The second-order valence-corrected chi connectivity index (χ2v) is 7.64. The van der Waals surface area contributed by atoms with Gasteiger partial charge in [-0.1, -0.05) is 17.7 Å². The molecule has 1 aromatic carbocycles. The lowest BCUT2D eigenvalue weighted by molar-refractivity contribution is -0.209. The zero-order chi connectivity index (χ0) is 23.0. The Labute approximate surface area is 179 Å². The summed E-state index contributed by atoms with van der Waals surface area (Å²) >= 11 is 5.83. The van der Waals surface area contributed by atoms with Crippen LogP contribution in [0, 0.1) is 12.7 Å². The van der Waals surface area contributed by atoms with Crippen molar-refractivity contribution in [3.05, 3.63) is 63.7 Å². The molecule has 31 heavy (non-hydrogen) atoms. The Kier molecular flexibility index (Phi) is 6.22. The van der Waals surface area contributed by atoms with E-state index in [9.17, 15) is 26.7 Å². The predicted octanol–water partition coefficient (Wildman–Crippen LogP) is 4.44. The smallest absolute Gasteiger partial charge is 0.425 e. The Bertz CT molecular complexity index is 1040. The molecular weight excluding hydrogens is 445 g/mol. The Morgan fingerprint density at radius 1 is 1.35 bits per heavy atom. The van der Waals surface area contributed by atoms with E-state index in [1.54, 1.807) is 13.0 Å². The van der Waals surface area contributed by atoms with Crippen LogP contribution in [-0.2, 0) is 16.7 Å². The van der Waals surface area contributed by atoms with Crippen LogP contribution in [0.25, 0.3) is 0 Å². The number of aromatic nitrogens is 1. The largest absolute Gasteiger partial charge is 0.452 e. The number of ether oxygens (including phenoxy) is 1. The molecule has 2 atom stereocenters. The van der Waals surface area contributed by atoms with Crippen molar-refractivity contribution in [1.29, 1.82) is 0 Å². The van der Waals surface area contributed by atoms with Crippen molar-refractivity contribution in [3.8, 4) is 0 Å². The molecule has 0 amide bonds. The highest BCUT2D eigenvalue weighted by Crippen LogP contribution is 2.41. The molecule has 2 aromatic rings. The molecule has 5 nitrogen and oxygen atoms in total. The topological polar surface area (TPSA) is 77.6 Å². The van der Waals surface area contributed by atoms with Gasteiger partial charge in [-0.2, -0.15) is 13.2 Å². The second kappa shape index (κ2) is 8.41. The second-order valence-electron chi connectivity index (χ2n) is 7.20. The van der Waals surface area contributed by atoms with E-state index in [0.717, 1.165) is 12.1 Å². The third kappa shape index (κ3) is 4.79. The number of halogens is 6. The van der Waals surface area contributed by atoms with Crippen LogP contribution in [0.15, 0.2) is 35.5 Å². The molecule has 0 radical (unpaired) electrons. The molecule has 0 fully saturated rings. The zero-order valence-electron chi connectivity index (χ0n) is 16.1. The van der Waals surface area contributed by atoms with Crippen molar-refractivity contribution in [3.63, 3.8) is 0 Å². The minimum atomic E-state index is -4.86. The molecular formula is C20H17ClF5N3O2. The molecule has 0 saturated heterocycles. The maximum Gasteiger partial charge on any atom is 0.425 e. The van der Waals surface area contributed by atoms with E-state index in [2.05, 4.69) is 14.7 Å². The predicted molar refractivity (Wildman–Crippen MR) is 103 cm³/mol. The van der Waals surface area contributed by atoms with Crippen LogP contribution in [-0.4, -0.2) is 35.7 Å². The lowest BCUT2D eigenvalue weighted by Crippen LogP contribution is -2.48. The number of pyridine rings is 1. The molecule has 0 saturated carbocycles. The first-order chi connectivity index (χ1) is 14.4. The average molecular weight is 462 g/mol. The van der Waals surface area contributed by atoms with Gasteiger partial charge in [0.15, 0.2) is 11.9 Å². The number of hydrogen-bond acceptors (Lipinski definition) is 5. The summed E-state index contributed by atoms with van der Waals surface area (Å²) in [6, 6.07) is 4.00. The summed E-state index contributed by atoms with van der Waals surface area (Å²) in [5, 5.41) is 0.345. The van der Waals surface area contributed by atoms with Crippen molar-refractivity contribution in [2.75, 3.05) is 6.67 Å².